The van der Waals surface area contributed by atoms with E-state index in [1.54, 1.807) is 19.1 Å². The number of carbonyl (C=O) groups is 2. The van der Waals surface area contributed by atoms with Crippen LogP contribution in [-0.4, -0.2) is 48.5 Å². The van der Waals surface area contributed by atoms with Crippen LogP contribution in [0.3, 0.4) is 0 Å². The van der Waals surface area contributed by atoms with Gasteiger partial charge in [-0.2, -0.15) is 0 Å². The Morgan fingerprint density at radius 1 is 1.50 bits per heavy atom. The van der Waals surface area contributed by atoms with Crippen LogP contribution < -0.4 is 21.1 Å². The van der Waals surface area contributed by atoms with E-state index in [0.717, 1.165) is 25.9 Å². The van der Waals surface area contributed by atoms with Gasteiger partial charge in [0.2, 0.25) is 0 Å². The minimum absolute atomic E-state index is 0.232. The molecule has 2 atom stereocenters. The Kier molecular flexibility index (Phi) is 4.62. The highest BCUT2D eigenvalue weighted by atomic mass is 16.5. The van der Waals surface area contributed by atoms with Gasteiger partial charge in [0.15, 0.2) is 11.9 Å². The molecule has 0 aromatic heterocycles. The second kappa shape index (κ2) is 6.68. The summed E-state index contributed by atoms with van der Waals surface area (Å²) in [6.07, 6.45) is 1.61. The van der Waals surface area contributed by atoms with Gasteiger partial charge < -0.3 is 21.1 Å². The number of amides is 2. The van der Waals surface area contributed by atoms with E-state index in [-0.39, 0.29) is 11.8 Å². The molecule has 2 amide bonds. The molecule has 2 heterocycles. The number of nitrogens with zero attached hydrogens (tertiary/aromatic N) is 1. The van der Waals surface area contributed by atoms with E-state index in [2.05, 4.69) is 22.5 Å². The molecule has 0 radical (unpaired) electrons. The Hall–Kier alpha value is -2.28. The summed E-state index contributed by atoms with van der Waals surface area (Å²) in [5.74, 6) is -0.0959. The number of likely N-dealkylation sites (N-methyl/N-ethyl adjacent to an activating group) is 1. The fourth-order valence-electron chi connectivity index (χ4n) is 3.35. The van der Waals surface area contributed by atoms with Crippen molar-refractivity contribution in [1.82, 2.24) is 10.2 Å². The molecular formula is C17H24N4O3. The molecule has 130 valence electrons. The molecule has 1 aromatic rings. The van der Waals surface area contributed by atoms with Crippen LogP contribution in [0.5, 0.6) is 5.75 Å². The average molecular weight is 332 g/mol. The fraction of sp³-hybridized carbons (Fsp3) is 0.529. The Bertz CT molecular complexity index is 661. The lowest BCUT2D eigenvalue weighted by molar-refractivity contribution is -0.122. The molecule has 1 fully saturated rings. The number of rotatable bonds is 4. The maximum atomic E-state index is 12.6. The zero-order valence-electron chi connectivity index (χ0n) is 14.1. The smallest absolute Gasteiger partial charge is 0.265 e. The third-order valence-corrected chi connectivity index (χ3v) is 4.68. The van der Waals surface area contributed by atoms with Gasteiger partial charge in [0.1, 0.15) is 0 Å². The van der Waals surface area contributed by atoms with Crippen LogP contribution in [0.2, 0.25) is 0 Å². The summed E-state index contributed by atoms with van der Waals surface area (Å²) in [6.45, 7) is 6.44. The Labute approximate surface area is 141 Å². The van der Waals surface area contributed by atoms with Crippen molar-refractivity contribution in [2.45, 2.75) is 38.8 Å². The van der Waals surface area contributed by atoms with Crippen molar-refractivity contribution in [3.05, 3.63) is 17.7 Å². The molecule has 3 rings (SSSR count). The number of nitrogens with one attached hydrogen (secondary N) is 2. The van der Waals surface area contributed by atoms with Gasteiger partial charge in [-0.05, 0) is 45.0 Å². The predicted octanol–water partition coefficient (Wildman–Crippen LogP) is 1.20. The van der Waals surface area contributed by atoms with Gasteiger partial charge in [-0.3, -0.25) is 14.5 Å². The Balaban J connectivity index is 1.76. The van der Waals surface area contributed by atoms with Gasteiger partial charge in [-0.25, -0.2) is 0 Å². The maximum Gasteiger partial charge on any atom is 0.265 e. The molecule has 1 saturated heterocycles. The molecule has 2 aliphatic rings. The number of nitrogen functional groups attached to an aromatic ring is 1. The van der Waals surface area contributed by atoms with Crippen LogP contribution in [0.25, 0.3) is 0 Å². The summed E-state index contributed by atoms with van der Waals surface area (Å²) < 4.78 is 5.63. The van der Waals surface area contributed by atoms with Crippen molar-refractivity contribution in [1.29, 1.82) is 0 Å². The van der Waals surface area contributed by atoms with Gasteiger partial charge in [0.25, 0.3) is 11.8 Å². The lowest BCUT2D eigenvalue weighted by Gasteiger charge is -2.26. The van der Waals surface area contributed by atoms with Crippen LogP contribution in [0, 0.1) is 0 Å². The highest BCUT2D eigenvalue weighted by molar-refractivity contribution is 6.05. The summed E-state index contributed by atoms with van der Waals surface area (Å²) in [5.41, 5.74) is 7.08. The molecular weight excluding hydrogens is 308 g/mol. The van der Waals surface area contributed by atoms with Crippen molar-refractivity contribution >= 4 is 23.2 Å². The van der Waals surface area contributed by atoms with Crippen molar-refractivity contribution in [2.24, 2.45) is 0 Å². The third-order valence-electron chi connectivity index (χ3n) is 4.68. The number of likely N-dealkylation sites (tertiary alicyclic amines) is 1. The van der Waals surface area contributed by atoms with Crippen LogP contribution in [0.4, 0.5) is 11.4 Å². The van der Waals surface area contributed by atoms with E-state index in [0.29, 0.717) is 35.3 Å². The zero-order valence-corrected chi connectivity index (χ0v) is 14.1. The monoisotopic (exact) mass is 332 g/mol. The first-order valence-corrected chi connectivity index (χ1v) is 8.43. The number of carbonyl (C=O) groups excluding carboxylic acids is 2. The lowest BCUT2D eigenvalue weighted by Crippen LogP contribution is -2.40. The summed E-state index contributed by atoms with van der Waals surface area (Å²) in [7, 11) is 0. The number of hydrogen-bond acceptors (Lipinski definition) is 5. The Morgan fingerprint density at radius 2 is 2.29 bits per heavy atom. The van der Waals surface area contributed by atoms with Crippen molar-refractivity contribution in [3.8, 4) is 5.75 Å². The normalized spacial score (nSPS) is 23.3. The van der Waals surface area contributed by atoms with E-state index in [9.17, 15) is 9.59 Å². The number of fused-ring (bicyclic) bond motifs is 1. The van der Waals surface area contributed by atoms with E-state index >= 15 is 0 Å². The van der Waals surface area contributed by atoms with Gasteiger partial charge >= 0.3 is 0 Å². The molecule has 2 unspecified atom stereocenters. The largest absolute Gasteiger partial charge is 0.478 e. The molecule has 4 N–H and O–H groups in total. The number of ether oxygens (including phenoxy) is 1. The Morgan fingerprint density at radius 3 is 3.04 bits per heavy atom. The number of hydrogen-bond donors (Lipinski definition) is 3. The molecule has 0 bridgehead atoms. The molecule has 0 aliphatic carbocycles. The van der Waals surface area contributed by atoms with Gasteiger partial charge in [0.05, 0.1) is 11.3 Å². The standard InChI is InChI=1S/C17H24N4O3/c1-3-21-6-4-5-12(21)9-19-17(23)13-7-11(18)8-14-15(13)24-10(2)16(22)20-14/h7-8,10,12H,3-6,9,18H2,1-2H3,(H,19,23)(H,20,22). The van der Waals surface area contributed by atoms with Gasteiger partial charge in [0, 0.05) is 18.3 Å². The SMILES string of the molecule is CCN1CCCC1CNC(=O)c1cc(N)cc2c1OC(C)C(=O)N2. The molecule has 2 aliphatic heterocycles. The summed E-state index contributed by atoms with van der Waals surface area (Å²) in [6, 6.07) is 3.56. The zero-order chi connectivity index (χ0) is 17.3. The molecule has 1 aromatic carbocycles. The number of benzene rings is 1. The topological polar surface area (TPSA) is 96.7 Å². The second-order valence-electron chi connectivity index (χ2n) is 6.33. The first-order valence-electron chi connectivity index (χ1n) is 8.43. The maximum absolute atomic E-state index is 12.6. The van der Waals surface area contributed by atoms with Crippen LogP contribution in [-0.2, 0) is 4.79 Å². The first-order chi connectivity index (χ1) is 11.5. The average Bonchev–Trinajstić information content (AvgIpc) is 3.01. The van der Waals surface area contributed by atoms with E-state index in [1.165, 1.54) is 0 Å². The summed E-state index contributed by atoms with van der Waals surface area (Å²) >= 11 is 0. The van der Waals surface area contributed by atoms with Crippen LogP contribution >= 0.6 is 0 Å². The van der Waals surface area contributed by atoms with Crippen molar-refractivity contribution in [3.63, 3.8) is 0 Å². The highest BCUT2D eigenvalue weighted by Crippen LogP contribution is 2.35. The molecule has 24 heavy (non-hydrogen) atoms. The quantitative estimate of drug-likeness (QED) is 0.720. The van der Waals surface area contributed by atoms with Crippen LogP contribution in [0.1, 0.15) is 37.0 Å². The number of nitrogens with two attached hydrogens (primary N) is 1. The molecule has 0 spiro atoms. The second-order valence-corrected chi connectivity index (χ2v) is 6.33. The highest BCUT2D eigenvalue weighted by Gasteiger charge is 2.29. The van der Waals surface area contributed by atoms with Gasteiger partial charge in [-0.15, -0.1) is 0 Å². The van der Waals surface area contributed by atoms with Crippen LogP contribution in [0.15, 0.2) is 12.1 Å². The minimum Gasteiger partial charge on any atom is -0.478 e. The van der Waals surface area contributed by atoms with Gasteiger partial charge in [-0.1, -0.05) is 6.92 Å². The van der Waals surface area contributed by atoms with Crippen molar-refractivity contribution < 1.29 is 14.3 Å². The summed E-state index contributed by atoms with van der Waals surface area (Å²) in [4.78, 5) is 26.7. The van der Waals surface area contributed by atoms with Crippen molar-refractivity contribution in [2.75, 3.05) is 30.7 Å². The first kappa shape index (κ1) is 16.6. The predicted molar refractivity (Wildman–Crippen MR) is 92.2 cm³/mol. The fourth-order valence-corrected chi connectivity index (χ4v) is 3.35. The summed E-state index contributed by atoms with van der Waals surface area (Å²) in [5, 5.41) is 5.71. The van der Waals surface area contributed by atoms with E-state index < -0.39 is 6.10 Å². The third kappa shape index (κ3) is 3.17. The van der Waals surface area contributed by atoms with E-state index in [1.807, 2.05) is 0 Å². The molecule has 0 saturated carbocycles. The number of anilines is 2. The lowest BCUT2D eigenvalue weighted by atomic mass is 10.1. The molecule has 7 nitrogen and oxygen atoms in total. The minimum atomic E-state index is -0.641. The van der Waals surface area contributed by atoms with E-state index in [4.69, 9.17) is 10.5 Å². The molecule has 7 heteroatoms.